The molecule has 15 N–H and O–H groups in total. The van der Waals surface area contributed by atoms with Gasteiger partial charge in [0, 0.05) is 71.6 Å². The molecular weight excluding hydrogens is 1510 g/mol. The number of halogens is 3. The molecule has 0 radical (unpaired) electrons. The number of hydrogen-bond donors (Lipinski definition) is 12. The molecule has 18 rings (SSSR count). The van der Waals surface area contributed by atoms with Crippen molar-refractivity contribution in [1.29, 1.82) is 0 Å². The number of nitrogens with zero attached hydrogens (tertiary/aromatic N) is 12. The number of nitrogens with two attached hydrogens (primary N) is 3. The van der Waals surface area contributed by atoms with Gasteiger partial charge in [-0.05, 0) is 165 Å². The number of aliphatic hydroxyl groups excluding tert-OH is 6. The molecule has 3 aromatic carbocycles. The van der Waals surface area contributed by atoms with Crippen molar-refractivity contribution in [2.24, 2.45) is 16.2 Å². The van der Waals surface area contributed by atoms with Gasteiger partial charge in [0.05, 0.1) is 121 Å². The van der Waals surface area contributed by atoms with Crippen LogP contribution in [0.25, 0.3) is 65.8 Å². The SMILES string of the molecule is CCNc1ncnc2c1ccn2[C@@H]1C[C@@]2(CO[C@@H](c3ccc4cc(Br)c(N)nc4c3)C2)[C@@H](O)[C@H]1O.CNc1ncnc2c1ccn2[C@@H]1C[C@@]2(CO[C@@H](c3ccc4cc(Br)c(N)nc4c3)C2)[C@@H](O)[C@H]1O.CNc1ncnc2c1ccn2[C@@H]1C[C@@]2(CO[C@H](c3ccc4cc(Br)c(N)nc4c3)C2)[C@@H](O)[C@H]1O. The molecule has 6 aliphatic rings. The molecule has 3 spiro atoms. The molecule has 103 heavy (non-hydrogen) atoms. The molecule has 3 aliphatic heterocycles. The molecule has 9 aromatic heterocycles. The number of nitrogen functional groups attached to an aromatic ring is 3. The summed E-state index contributed by atoms with van der Waals surface area (Å²) >= 11 is 10.3. The highest BCUT2D eigenvalue weighted by molar-refractivity contribution is 9.11. The third kappa shape index (κ3) is 11.9. The van der Waals surface area contributed by atoms with Crippen LogP contribution in [0.2, 0.25) is 0 Å². The van der Waals surface area contributed by atoms with Crippen LogP contribution in [0.4, 0.5) is 34.9 Å². The van der Waals surface area contributed by atoms with Crippen molar-refractivity contribution in [3.63, 3.8) is 0 Å². The first-order valence-corrected chi connectivity index (χ1v) is 36.6. The van der Waals surface area contributed by atoms with Crippen LogP contribution < -0.4 is 33.2 Å². The number of ether oxygens (including phenoxy) is 3. The number of aliphatic hydroxyl groups is 6. The normalized spacial score (nSPS) is 28.8. The van der Waals surface area contributed by atoms with Gasteiger partial charge in [0.15, 0.2) is 0 Å². The highest BCUT2D eigenvalue weighted by Crippen LogP contribution is 2.58. The summed E-state index contributed by atoms with van der Waals surface area (Å²) in [6.07, 6.45) is 7.74. The highest BCUT2D eigenvalue weighted by atomic mass is 79.9. The number of pyridine rings is 3. The number of fused-ring (bicyclic) bond motifs is 6. The summed E-state index contributed by atoms with van der Waals surface area (Å²) in [5.41, 5.74) is 23.8. The van der Waals surface area contributed by atoms with E-state index in [0.29, 0.717) is 75.8 Å². The van der Waals surface area contributed by atoms with Gasteiger partial charge < -0.3 is 91.7 Å². The van der Waals surface area contributed by atoms with Crippen LogP contribution in [0.5, 0.6) is 0 Å². The van der Waals surface area contributed by atoms with Crippen LogP contribution in [0, 0.1) is 16.2 Å². The molecule has 534 valence electrons. The van der Waals surface area contributed by atoms with Gasteiger partial charge in [-0.3, -0.25) is 0 Å². The average Bonchev–Trinajstić information content (AvgIpc) is 1.59. The van der Waals surface area contributed by atoms with Crippen molar-refractivity contribution in [3.05, 3.63) is 159 Å². The van der Waals surface area contributed by atoms with Gasteiger partial charge in [-0.2, -0.15) is 0 Å². The number of benzene rings is 3. The Morgan fingerprint density at radius 2 is 0.748 bits per heavy atom. The van der Waals surface area contributed by atoms with E-state index in [1.165, 1.54) is 19.0 Å². The van der Waals surface area contributed by atoms with Crippen LogP contribution in [0.3, 0.4) is 0 Å². The third-order valence-corrected chi connectivity index (χ3v) is 24.3. The van der Waals surface area contributed by atoms with E-state index in [1.807, 2.05) is 144 Å². The van der Waals surface area contributed by atoms with Gasteiger partial charge in [0.2, 0.25) is 0 Å². The molecule has 6 fully saturated rings. The Hall–Kier alpha value is -8.37. The molecule has 3 saturated carbocycles. The van der Waals surface area contributed by atoms with E-state index in [-0.39, 0.29) is 36.4 Å². The quantitative estimate of drug-likeness (QED) is 0.0605. The Morgan fingerprint density at radius 3 is 1.06 bits per heavy atom. The summed E-state index contributed by atoms with van der Waals surface area (Å²) in [6, 6.07) is 28.8. The Morgan fingerprint density at radius 1 is 0.437 bits per heavy atom. The first kappa shape index (κ1) is 69.0. The second kappa shape index (κ2) is 27.0. The standard InChI is InChI=1S/C25H27BrN6O3.2C24H25BrN6O3/c1-2-28-23-15-5-6-32(24(15)30-12-29-23)18-9-25(21(34)20(18)33)10-19(35-11-25)14-4-3-13-7-16(26)22(27)31-17(13)8-14;2*1-27-22-14-4-5-31(23(14)29-11-28-22)17-8-24(20(33)19(17)32)9-18(34-10-24)13-3-2-12-6-15(25)21(26)30-16(12)7-13/h3-8,12,18-21,33-34H,2,9-11H2,1H3,(H2,27,31)(H,28,29,30);2*2-7,11,17-20,32-33H,8-10H2,1H3,(H2,26,30)(H,27,28,29)/t18-,19-,20+,21+,25-;17-,18+,19+,20+,24-;17-,18-,19+,20+,24-/m111/s1. The van der Waals surface area contributed by atoms with Crippen molar-refractivity contribution >= 4 is 149 Å². The number of hydrogen-bond acceptors (Lipinski definition) is 24. The van der Waals surface area contributed by atoms with E-state index in [1.54, 1.807) is 0 Å². The zero-order chi connectivity index (χ0) is 71.5. The molecule has 12 aromatic rings. The Bertz CT molecular complexity index is 5050. The zero-order valence-electron chi connectivity index (χ0n) is 56.3. The Kier molecular flexibility index (Phi) is 18.1. The minimum Gasteiger partial charge on any atom is -0.390 e. The van der Waals surface area contributed by atoms with Gasteiger partial charge >= 0.3 is 0 Å². The van der Waals surface area contributed by atoms with E-state index in [4.69, 9.17) is 31.4 Å². The molecule has 12 heterocycles. The summed E-state index contributed by atoms with van der Waals surface area (Å²) in [6.45, 7) is 3.88. The maximum Gasteiger partial charge on any atom is 0.145 e. The second-order valence-corrected chi connectivity index (χ2v) is 30.8. The van der Waals surface area contributed by atoms with Crippen LogP contribution in [-0.2, 0) is 14.2 Å². The van der Waals surface area contributed by atoms with Crippen LogP contribution in [-0.4, -0.2) is 166 Å². The summed E-state index contributed by atoms with van der Waals surface area (Å²) in [4.78, 5) is 39.7. The summed E-state index contributed by atoms with van der Waals surface area (Å²) in [5, 5.41) is 81.8. The fourth-order valence-corrected chi connectivity index (χ4v) is 18.0. The lowest BCUT2D eigenvalue weighted by Crippen LogP contribution is -2.37. The topological polar surface area (TPSA) is 394 Å². The number of aromatic nitrogens is 12. The molecule has 15 atom stereocenters. The van der Waals surface area contributed by atoms with Gasteiger partial charge in [-0.15, -0.1) is 0 Å². The summed E-state index contributed by atoms with van der Waals surface area (Å²) < 4.78 is 26.8. The zero-order valence-corrected chi connectivity index (χ0v) is 61.0. The van der Waals surface area contributed by atoms with Crippen molar-refractivity contribution in [1.82, 2.24) is 58.6 Å². The van der Waals surface area contributed by atoms with E-state index < -0.39 is 52.9 Å². The average molecular weight is 1590 g/mol. The predicted octanol–water partition coefficient (Wildman–Crippen LogP) is 9.93. The maximum atomic E-state index is 11.2. The monoisotopic (exact) mass is 1590 g/mol. The fraction of sp³-hybridized carbons (Fsp3) is 0.384. The third-order valence-electron chi connectivity index (χ3n) is 22.4. The minimum atomic E-state index is -0.930. The second-order valence-electron chi connectivity index (χ2n) is 28.2. The molecular formula is C73H77Br3N18O9. The lowest BCUT2D eigenvalue weighted by molar-refractivity contribution is -0.0309. The van der Waals surface area contributed by atoms with Crippen molar-refractivity contribution in [2.75, 3.05) is 73.6 Å². The van der Waals surface area contributed by atoms with Gasteiger partial charge in [-0.25, -0.2) is 44.9 Å². The van der Waals surface area contributed by atoms with Crippen molar-refractivity contribution in [3.8, 4) is 0 Å². The Balaban J connectivity index is 0.000000119. The molecule has 30 heteroatoms. The lowest BCUT2D eigenvalue weighted by Gasteiger charge is -2.26. The maximum absolute atomic E-state index is 11.2. The smallest absolute Gasteiger partial charge is 0.145 e. The molecule has 0 amide bonds. The van der Waals surface area contributed by atoms with E-state index >= 15 is 0 Å². The van der Waals surface area contributed by atoms with E-state index in [0.717, 1.165) is 120 Å². The van der Waals surface area contributed by atoms with Gasteiger partial charge in [0.1, 0.15) is 89.1 Å². The summed E-state index contributed by atoms with van der Waals surface area (Å²) in [7, 11) is 3.63. The molecule has 0 bridgehead atoms. The Labute approximate surface area is 615 Å². The van der Waals surface area contributed by atoms with Crippen LogP contribution >= 0.6 is 47.8 Å². The molecule has 27 nitrogen and oxygen atoms in total. The minimum absolute atomic E-state index is 0.198. The molecule has 0 unspecified atom stereocenters. The van der Waals surface area contributed by atoms with Gasteiger partial charge in [-0.1, -0.05) is 36.4 Å². The first-order chi connectivity index (χ1) is 49.7. The molecule has 3 aliphatic carbocycles. The summed E-state index contributed by atoms with van der Waals surface area (Å²) in [5.74, 6) is 3.54. The molecule has 3 saturated heterocycles. The fourth-order valence-electron chi connectivity index (χ4n) is 17.0. The predicted molar refractivity (Wildman–Crippen MR) is 402 cm³/mol. The van der Waals surface area contributed by atoms with Crippen molar-refractivity contribution < 1.29 is 44.8 Å². The van der Waals surface area contributed by atoms with Crippen LogP contribution in [0.15, 0.2) is 142 Å². The van der Waals surface area contributed by atoms with E-state index in [9.17, 15) is 30.6 Å². The first-order valence-electron chi connectivity index (χ1n) is 34.2. The largest absolute Gasteiger partial charge is 0.390 e. The number of nitrogens with one attached hydrogen (secondary N) is 3. The van der Waals surface area contributed by atoms with Gasteiger partial charge in [0.25, 0.3) is 0 Å². The van der Waals surface area contributed by atoms with Crippen LogP contribution in [0.1, 0.15) is 98.6 Å². The number of rotatable bonds is 10. The number of anilines is 6. The highest BCUT2D eigenvalue weighted by Gasteiger charge is 2.60. The van der Waals surface area contributed by atoms with Crippen molar-refractivity contribution in [2.45, 2.75) is 119 Å². The van der Waals surface area contributed by atoms with E-state index in [2.05, 4.69) is 109 Å². The lowest BCUT2D eigenvalue weighted by atomic mass is 9.80.